The van der Waals surface area contributed by atoms with Crippen LogP contribution in [0.2, 0.25) is 0 Å². The maximum Gasteiger partial charge on any atom is 0.321 e. The van der Waals surface area contributed by atoms with Gasteiger partial charge in [-0.2, -0.15) is 0 Å². The van der Waals surface area contributed by atoms with Gasteiger partial charge in [0.25, 0.3) is 0 Å². The zero-order chi connectivity index (χ0) is 15.8. The first-order valence-electron chi connectivity index (χ1n) is 7.11. The number of carbonyl (C=O) groups excluding carboxylic acids is 2. The van der Waals surface area contributed by atoms with Crippen molar-refractivity contribution in [1.29, 1.82) is 0 Å². The van der Waals surface area contributed by atoms with E-state index in [9.17, 15) is 9.59 Å². The smallest absolute Gasteiger partial charge is 0.321 e. The summed E-state index contributed by atoms with van der Waals surface area (Å²) in [7, 11) is 0. The number of benzene rings is 2. The quantitative estimate of drug-likeness (QED) is 0.447. The normalized spacial score (nSPS) is 11.5. The van der Waals surface area contributed by atoms with Gasteiger partial charge in [0.2, 0.25) is 0 Å². The summed E-state index contributed by atoms with van der Waals surface area (Å²) < 4.78 is 5.09. The molecule has 0 saturated carbocycles. The highest BCUT2D eigenvalue weighted by atomic mass is 16.5. The molecule has 0 amide bonds. The third-order valence-electron chi connectivity index (χ3n) is 3.26. The number of ether oxygens (including phenoxy) is 1. The minimum absolute atomic E-state index is 0.0980. The fourth-order valence-corrected chi connectivity index (χ4v) is 2.22. The SMILES string of the molecule is C=CCOC(=O)C(C(=O)Cc1ccccc1)c1ccccc1. The molecule has 2 aromatic carbocycles. The Morgan fingerprint density at radius 2 is 1.59 bits per heavy atom. The van der Waals surface area contributed by atoms with E-state index in [0.717, 1.165) is 5.56 Å². The highest BCUT2D eigenvalue weighted by Gasteiger charge is 2.29. The zero-order valence-corrected chi connectivity index (χ0v) is 12.3. The Labute approximate surface area is 130 Å². The number of hydrogen-bond donors (Lipinski definition) is 0. The summed E-state index contributed by atoms with van der Waals surface area (Å²) in [5.41, 5.74) is 1.53. The minimum Gasteiger partial charge on any atom is -0.461 e. The van der Waals surface area contributed by atoms with Gasteiger partial charge in [-0.25, -0.2) is 0 Å². The van der Waals surface area contributed by atoms with Crippen LogP contribution < -0.4 is 0 Å². The molecule has 0 fully saturated rings. The molecule has 0 N–H and O–H groups in total. The lowest BCUT2D eigenvalue weighted by molar-refractivity contribution is -0.147. The topological polar surface area (TPSA) is 43.4 Å². The van der Waals surface area contributed by atoms with Crippen LogP contribution in [-0.4, -0.2) is 18.4 Å². The zero-order valence-electron chi connectivity index (χ0n) is 12.3. The van der Waals surface area contributed by atoms with E-state index in [2.05, 4.69) is 6.58 Å². The molecule has 22 heavy (non-hydrogen) atoms. The van der Waals surface area contributed by atoms with Gasteiger partial charge in [0.05, 0.1) is 0 Å². The van der Waals surface area contributed by atoms with E-state index in [1.807, 2.05) is 36.4 Å². The summed E-state index contributed by atoms with van der Waals surface area (Å²) in [5, 5.41) is 0. The lowest BCUT2D eigenvalue weighted by Gasteiger charge is -2.15. The summed E-state index contributed by atoms with van der Waals surface area (Å²) >= 11 is 0. The van der Waals surface area contributed by atoms with E-state index in [4.69, 9.17) is 4.74 Å². The first-order chi connectivity index (χ1) is 10.7. The van der Waals surface area contributed by atoms with E-state index in [1.165, 1.54) is 6.08 Å². The van der Waals surface area contributed by atoms with Crippen molar-refractivity contribution in [3.8, 4) is 0 Å². The molecule has 0 aromatic heterocycles. The van der Waals surface area contributed by atoms with E-state index < -0.39 is 11.9 Å². The van der Waals surface area contributed by atoms with Gasteiger partial charge in [0.1, 0.15) is 12.5 Å². The third-order valence-corrected chi connectivity index (χ3v) is 3.26. The Hall–Kier alpha value is -2.68. The second kappa shape index (κ2) is 7.93. The number of Topliss-reactive ketones (excluding diaryl/α,β-unsaturated/α-hetero) is 1. The predicted octanol–water partition coefficient (Wildman–Crippen LogP) is 3.31. The molecule has 0 spiro atoms. The van der Waals surface area contributed by atoms with Crippen molar-refractivity contribution in [2.45, 2.75) is 12.3 Å². The van der Waals surface area contributed by atoms with Crippen molar-refractivity contribution in [1.82, 2.24) is 0 Å². The van der Waals surface area contributed by atoms with Crippen molar-refractivity contribution in [3.63, 3.8) is 0 Å². The molecule has 3 heteroatoms. The van der Waals surface area contributed by atoms with Gasteiger partial charge in [-0.15, -0.1) is 0 Å². The largest absolute Gasteiger partial charge is 0.461 e. The fraction of sp³-hybridized carbons (Fsp3) is 0.158. The Morgan fingerprint density at radius 3 is 2.18 bits per heavy atom. The molecule has 0 aliphatic rings. The number of hydrogen-bond acceptors (Lipinski definition) is 3. The molecular formula is C19H18O3. The van der Waals surface area contributed by atoms with Gasteiger partial charge < -0.3 is 4.74 Å². The Kier molecular flexibility index (Phi) is 5.66. The monoisotopic (exact) mass is 294 g/mol. The molecule has 0 saturated heterocycles. The van der Waals surface area contributed by atoms with Crippen LogP contribution in [0.15, 0.2) is 73.3 Å². The molecule has 112 valence electrons. The number of carbonyl (C=O) groups is 2. The van der Waals surface area contributed by atoms with Gasteiger partial charge in [-0.1, -0.05) is 73.3 Å². The molecule has 0 bridgehead atoms. The molecule has 1 unspecified atom stereocenters. The van der Waals surface area contributed by atoms with Gasteiger partial charge in [0, 0.05) is 6.42 Å². The average Bonchev–Trinajstić information content (AvgIpc) is 2.55. The van der Waals surface area contributed by atoms with Crippen molar-refractivity contribution < 1.29 is 14.3 Å². The van der Waals surface area contributed by atoms with Crippen LogP contribution in [0.5, 0.6) is 0 Å². The molecule has 3 nitrogen and oxygen atoms in total. The van der Waals surface area contributed by atoms with Crippen molar-refractivity contribution >= 4 is 11.8 Å². The van der Waals surface area contributed by atoms with Crippen LogP contribution in [0, 0.1) is 0 Å². The summed E-state index contributed by atoms with van der Waals surface area (Å²) in [6, 6.07) is 18.4. The molecule has 0 radical (unpaired) electrons. The highest BCUT2D eigenvalue weighted by molar-refractivity contribution is 6.05. The summed E-state index contributed by atoms with van der Waals surface area (Å²) in [6.07, 6.45) is 1.69. The van der Waals surface area contributed by atoms with Gasteiger partial charge in [-0.3, -0.25) is 9.59 Å². The second-order valence-corrected chi connectivity index (χ2v) is 4.89. The first kappa shape index (κ1) is 15.7. The maximum absolute atomic E-state index is 12.6. The Balaban J connectivity index is 2.22. The number of rotatable bonds is 7. The van der Waals surface area contributed by atoms with Crippen molar-refractivity contribution in [2.75, 3.05) is 6.61 Å². The molecule has 0 aliphatic heterocycles. The maximum atomic E-state index is 12.6. The van der Waals surface area contributed by atoms with Gasteiger partial charge >= 0.3 is 5.97 Å². The minimum atomic E-state index is -0.902. The first-order valence-corrected chi connectivity index (χ1v) is 7.11. The number of ketones is 1. The van der Waals surface area contributed by atoms with Crippen LogP contribution in [-0.2, 0) is 20.7 Å². The summed E-state index contributed by atoms with van der Waals surface area (Å²) in [6.45, 7) is 3.61. The number of esters is 1. The fourth-order valence-electron chi connectivity index (χ4n) is 2.22. The van der Waals surface area contributed by atoms with Crippen LogP contribution in [0.25, 0.3) is 0 Å². The van der Waals surface area contributed by atoms with Crippen LogP contribution in [0.1, 0.15) is 17.0 Å². The molecule has 2 rings (SSSR count). The predicted molar refractivity (Wildman–Crippen MR) is 85.5 cm³/mol. The van der Waals surface area contributed by atoms with Crippen molar-refractivity contribution in [3.05, 3.63) is 84.4 Å². The summed E-state index contributed by atoms with van der Waals surface area (Å²) in [5.74, 6) is -1.61. The standard InChI is InChI=1S/C19H18O3/c1-2-13-22-19(21)18(16-11-7-4-8-12-16)17(20)14-15-9-5-3-6-10-15/h2-12,18H,1,13-14H2. The molecule has 0 aliphatic carbocycles. The van der Waals surface area contributed by atoms with E-state index in [0.29, 0.717) is 5.56 Å². The highest BCUT2D eigenvalue weighted by Crippen LogP contribution is 2.21. The molecule has 2 aromatic rings. The third kappa shape index (κ3) is 4.16. The van der Waals surface area contributed by atoms with E-state index in [-0.39, 0.29) is 18.8 Å². The Bertz CT molecular complexity index is 632. The van der Waals surface area contributed by atoms with Crippen LogP contribution in [0.4, 0.5) is 0 Å². The second-order valence-electron chi connectivity index (χ2n) is 4.89. The molecule has 0 heterocycles. The Morgan fingerprint density at radius 1 is 1.00 bits per heavy atom. The van der Waals surface area contributed by atoms with E-state index >= 15 is 0 Å². The van der Waals surface area contributed by atoms with Crippen LogP contribution in [0.3, 0.4) is 0 Å². The van der Waals surface area contributed by atoms with Crippen molar-refractivity contribution in [2.24, 2.45) is 0 Å². The lowest BCUT2D eigenvalue weighted by Crippen LogP contribution is -2.25. The lowest BCUT2D eigenvalue weighted by atomic mass is 9.91. The average molecular weight is 294 g/mol. The van der Waals surface area contributed by atoms with E-state index in [1.54, 1.807) is 24.3 Å². The van der Waals surface area contributed by atoms with Gasteiger partial charge in [0.15, 0.2) is 5.78 Å². The van der Waals surface area contributed by atoms with Crippen LogP contribution >= 0.6 is 0 Å². The molecule has 1 atom stereocenters. The molecular weight excluding hydrogens is 276 g/mol. The van der Waals surface area contributed by atoms with Gasteiger partial charge in [-0.05, 0) is 11.1 Å². The summed E-state index contributed by atoms with van der Waals surface area (Å²) in [4.78, 5) is 24.8.